The van der Waals surface area contributed by atoms with Gasteiger partial charge in [-0.1, -0.05) is 23.7 Å². The van der Waals surface area contributed by atoms with Gasteiger partial charge in [0.2, 0.25) is 5.88 Å². The number of anilines is 1. The van der Waals surface area contributed by atoms with Crippen LogP contribution in [0.1, 0.15) is 5.56 Å². The van der Waals surface area contributed by atoms with Crippen molar-refractivity contribution >= 4 is 17.4 Å². The van der Waals surface area contributed by atoms with E-state index < -0.39 is 11.7 Å². The summed E-state index contributed by atoms with van der Waals surface area (Å²) in [4.78, 5) is 3.91. The molecule has 106 valence electrons. The highest BCUT2D eigenvalue weighted by Gasteiger charge is 2.32. The first-order valence-corrected chi connectivity index (χ1v) is 5.97. The van der Waals surface area contributed by atoms with Gasteiger partial charge in [-0.05, 0) is 18.2 Å². The summed E-state index contributed by atoms with van der Waals surface area (Å²) >= 11 is 5.89. The van der Waals surface area contributed by atoms with Crippen molar-refractivity contribution in [2.45, 2.75) is 6.18 Å². The van der Waals surface area contributed by atoms with Crippen LogP contribution in [0.15, 0.2) is 36.4 Å². The molecule has 1 N–H and O–H groups in total. The van der Waals surface area contributed by atoms with Gasteiger partial charge in [0.25, 0.3) is 0 Å². The molecule has 0 aliphatic heterocycles. The van der Waals surface area contributed by atoms with Crippen LogP contribution in [-0.2, 0) is 6.18 Å². The summed E-state index contributed by atoms with van der Waals surface area (Å²) in [7, 11) is 1.47. The highest BCUT2D eigenvalue weighted by molar-refractivity contribution is 6.32. The maximum absolute atomic E-state index is 12.8. The van der Waals surface area contributed by atoms with Crippen molar-refractivity contribution in [2.24, 2.45) is 0 Å². The number of rotatable bonds is 3. The van der Waals surface area contributed by atoms with Crippen molar-refractivity contribution < 1.29 is 17.9 Å². The quantitative estimate of drug-likeness (QED) is 0.900. The van der Waals surface area contributed by atoms with Gasteiger partial charge in [-0.25, -0.2) is 0 Å². The number of halogens is 4. The molecule has 1 heterocycles. The van der Waals surface area contributed by atoms with E-state index in [4.69, 9.17) is 16.3 Å². The van der Waals surface area contributed by atoms with Crippen molar-refractivity contribution in [1.29, 1.82) is 0 Å². The first-order chi connectivity index (χ1) is 9.40. The first-order valence-electron chi connectivity index (χ1n) is 5.59. The smallest absolute Gasteiger partial charge is 0.416 e. The van der Waals surface area contributed by atoms with E-state index in [-0.39, 0.29) is 22.5 Å². The minimum atomic E-state index is -4.48. The summed E-state index contributed by atoms with van der Waals surface area (Å²) in [6, 6.07) is 8.19. The highest BCUT2D eigenvalue weighted by atomic mass is 35.5. The van der Waals surface area contributed by atoms with Crippen LogP contribution in [0.4, 0.5) is 19.0 Å². The summed E-state index contributed by atoms with van der Waals surface area (Å²) in [6.07, 6.45) is -4.48. The molecule has 2 rings (SSSR count). The number of hydrogen-bond donors (Lipinski definition) is 1. The van der Waals surface area contributed by atoms with Crippen LogP contribution >= 0.6 is 11.6 Å². The van der Waals surface area contributed by atoms with Gasteiger partial charge >= 0.3 is 6.18 Å². The van der Waals surface area contributed by atoms with Gasteiger partial charge in [0, 0.05) is 13.1 Å². The van der Waals surface area contributed by atoms with E-state index in [0.29, 0.717) is 0 Å². The summed E-state index contributed by atoms with van der Waals surface area (Å²) in [6.45, 7) is 0. The molecule has 0 unspecified atom stereocenters. The summed E-state index contributed by atoms with van der Waals surface area (Å²) in [5.74, 6) is 0.113. The van der Waals surface area contributed by atoms with Crippen LogP contribution in [0.2, 0.25) is 5.02 Å². The van der Waals surface area contributed by atoms with Gasteiger partial charge in [0.15, 0.2) is 0 Å². The molecular formula is C13H10ClF3N2O. The van der Waals surface area contributed by atoms with Gasteiger partial charge in [0.05, 0.1) is 10.6 Å². The predicted octanol–water partition coefficient (Wildman–Crippen LogP) is 4.59. The Balaban J connectivity index is 2.39. The summed E-state index contributed by atoms with van der Waals surface area (Å²) < 4.78 is 43.6. The molecule has 2 aromatic rings. The van der Waals surface area contributed by atoms with E-state index >= 15 is 0 Å². The van der Waals surface area contributed by atoms with E-state index in [1.807, 2.05) is 0 Å². The molecule has 0 spiro atoms. The third-order valence-electron chi connectivity index (χ3n) is 2.44. The minimum absolute atomic E-state index is 0.0573. The second kappa shape index (κ2) is 5.58. The Kier molecular flexibility index (Phi) is 4.04. The predicted molar refractivity (Wildman–Crippen MR) is 70.3 cm³/mol. The van der Waals surface area contributed by atoms with E-state index in [0.717, 1.165) is 12.1 Å². The zero-order valence-electron chi connectivity index (χ0n) is 10.3. The molecule has 0 aliphatic rings. The zero-order chi connectivity index (χ0) is 14.8. The molecule has 0 fully saturated rings. The van der Waals surface area contributed by atoms with E-state index in [1.165, 1.54) is 7.05 Å². The van der Waals surface area contributed by atoms with E-state index in [9.17, 15) is 13.2 Å². The fourth-order valence-corrected chi connectivity index (χ4v) is 1.66. The van der Waals surface area contributed by atoms with Crippen LogP contribution < -0.4 is 10.1 Å². The molecule has 0 amide bonds. The number of para-hydroxylation sites is 1. The lowest BCUT2D eigenvalue weighted by molar-refractivity contribution is -0.137. The molecule has 0 saturated heterocycles. The molecule has 0 bridgehead atoms. The third-order valence-corrected chi connectivity index (χ3v) is 2.75. The maximum Gasteiger partial charge on any atom is 0.416 e. The van der Waals surface area contributed by atoms with Gasteiger partial charge in [-0.3, -0.25) is 0 Å². The average Bonchev–Trinajstić information content (AvgIpc) is 2.40. The normalized spacial score (nSPS) is 11.2. The van der Waals surface area contributed by atoms with Crippen LogP contribution in [0.5, 0.6) is 11.6 Å². The van der Waals surface area contributed by atoms with Gasteiger partial charge in [0.1, 0.15) is 11.6 Å². The lowest BCUT2D eigenvalue weighted by Crippen LogP contribution is -2.07. The number of nitrogens with one attached hydrogen (secondary N) is 1. The maximum atomic E-state index is 12.8. The van der Waals surface area contributed by atoms with Crippen LogP contribution in [0.3, 0.4) is 0 Å². The molecule has 3 nitrogen and oxygen atoms in total. The van der Waals surface area contributed by atoms with Crippen LogP contribution in [0, 0.1) is 0 Å². The molecule has 20 heavy (non-hydrogen) atoms. The number of aromatic nitrogens is 1. The third kappa shape index (κ3) is 3.33. The Bertz CT molecular complexity index is 617. The number of ether oxygens (including phenoxy) is 1. The molecule has 0 aliphatic carbocycles. The van der Waals surface area contributed by atoms with Crippen molar-refractivity contribution in [2.75, 3.05) is 12.4 Å². The Morgan fingerprint density at radius 1 is 1.20 bits per heavy atom. The Morgan fingerprint density at radius 3 is 2.50 bits per heavy atom. The summed E-state index contributed by atoms with van der Waals surface area (Å²) in [5.41, 5.74) is -0.848. The van der Waals surface area contributed by atoms with Crippen LogP contribution in [0.25, 0.3) is 0 Å². The number of hydrogen-bond acceptors (Lipinski definition) is 3. The minimum Gasteiger partial charge on any atom is -0.437 e. The SMILES string of the molecule is CNc1cc(C(F)(F)F)cc(Oc2ccccc2Cl)n1. The molecule has 0 radical (unpaired) electrons. The Morgan fingerprint density at radius 2 is 1.90 bits per heavy atom. The number of benzene rings is 1. The fraction of sp³-hybridized carbons (Fsp3) is 0.154. The van der Waals surface area contributed by atoms with Gasteiger partial charge in [-0.2, -0.15) is 18.2 Å². The van der Waals surface area contributed by atoms with Crippen molar-refractivity contribution in [3.05, 3.63) is 47.0 Å². The lowest BCUT2D eigenvalue weighted by atomic mass is 10.2. The molecule has 1 aromatic heterocycles. The van der Waals surface area contributed by atoms with Gasteiger partial charge < -0.3 is 10.1 Å². The molecule has 0 atom stereocenters. The molecule has 1 aromatic carbocycles. The molecular weight excluding hydrogens is 293 g/mol. The summed E-state index contributed by atoms with van der Waals surface area (Å²) in [5, 5.41) is 2.85. The van der Waals surface area contributed by atoms with Gasteiger partial charge in [-0.15, -0.1) is 0 Å². The average molecular weight is 303 g/mol. The Labute approximate surface area is 118 Å². The topological polar surface area (TPSA) is 34.1 Å². The number of nitrogens with zero attached hydrogens (tertiary/aromatic N) is 1. The van der Waals surface area contributed by atoms with E-state index in [2.05, 4.69) is 10.3 Å². The second-order valence-corrected chi connectivity index (χ2v) is 4.27. The van der Waals surface area contributed by atoms with E-state index in [1.54, 1.807) is 24.3 Å². The zero-order valence-corrected chi connectivity index (χ0v) is 11.1. The standard InChI is InChI=1S/C13H10ClF3N2O/c1-18-11-6-8(13(15,16)17)7-12(19-11)20-10-5-3-2-4-9(10)14/h2-7H,1H3,(H,18,19). The number of pyridine rings is 1. The molecule has 0 saturated carbocycles. The Hall–Kier alpha value is -1.95. The first kappa shape index (κ1) is 14.5. The second-order valence-electron chi connectivity index (χ2n) is 3.86. The van der Waals surface area contributed by atoms with Crippen LogP contribution in [-0.4, -0.2) is 12.0 Å². The number of alkyl halides is 3. The largest absolute Gasteiger partial charge is 0.437 e. The molecule has 7 heteroatoms. The monoisotopic (exact) mass is 302 g/mol. The van der Waals surface area contributed by atoms with Crippen molar-refractivity contribution in [3.8, 4) is 11.6 Å². The van der Waals surface area contributed by atoms with Crippen molar-refractivity contribution in [1.82, 2.24) is 4.98 Å². The fourth-order valence-electron chi connectivity index (χ4n) is 1.49. The highest BCUT2D eigenvalue weighted by Crippen LogP contribution is 2.35. The van der Waals surface area contributed by atoms with Crippen molar-refractivity contribution in [3.63, 3.8) is 0 Å². The lowest BCUT2D eigenvalue weighted by Gasteiger charge is -2.12.